The summed E-state index contributed by atoms with van der Waals surface area (Å²) in [4.78, 5) is 15.7. The van der Waals surface area contributed by atoms with Crippen LogP contribution in [0.25, 0.3) is 0 Å². The van der Waals surface area contributed by atoms with Crippen LogP contribution < -0.4 is 5.32 Å². The molecular weight excluding hydrogens is 348 g/mol. The minimum Gasteiger partial charge on any atom is -0.317 e. The Kier molecular flexibility index (Phi) is 4.31. The summed E-state index contributed by atoms with van der Waals surface area (Å²) in [6, 6.07) is 10.3. The van der Waals surface area contributed by atoms with E-state index in [0.717, 1.165) is 35.1 Å². The predicted molar refractivity (Wildman–Crippen MR) is 90.9 cm³/mol. The van der Waals surface area contributed by atoms with Crippen LogP contribution in [-0.4, -0.2) is 17.5 Å². The second-order valence-corrected chi connectivity index (χ2v) is 7.09. The summed E-state index contributed by atoms with van der Waals surface area (Å²) >= 11 is 5.20. The first-order chi connectivity index (χ1) is 10.1. The van der Waals surface area contributed by atoms with Crippen LogP contribution in [0.1, 0.15) is 29.3 Å². The van der Waals surface area contributed by atoms with Crippen molar-refractivity contribution in [2.45, 2.75) is 25.8 Å². The summed E-state index contributed by atoms with van der Waals surface area (Å²) in [7, 11) is 0. The molecule has 0 aliphatic carbocycles. The molecular formula is C16H17BrN2OS. The molecule has 1 aliphatic rings. The van der Waals surface area contributed by atoms with Crippen molar-refractivity contribution < 1.29 is 4.79 Å². The number of anilines is 1. The predicted octanol–water partition coefficient (Wildman–Crippen LogP) is 5.19. The standard InChI is InChI=1S/C16H17BrN2OS/c1-11-10-12(6-7-13(11)17)18-16(20)19-8-2-4-14(19)15-5-3-9-21-15/h3,5-7,9-10,14H,2,4,8H2,1H3,(H,18,20)/t14-/m0/s1. The van der Waals surface area contributed by atoms with E-state index in [4.69, 9.17) is 0 Å². The quantitative estimate of drug-likeness (QED) is 0.781. The highest BCUT2D eigenvalue weighted by Gasteiger charge is 2.30. The molecule has 3 nitrogen and oxygen atoms in total. The number of urea groups is 1. The molecule has 1 N–H and O–H groups in total. The maximum Gasteiger partial charge on any atom is 0.322 e. The summed E-state index contributed by atoms with van der Waals surface area (Å²) in [6.07, 6.45) is 2.11. The Balaban J connectivity index is 1.73. The first kappa shape index (κ1) is 14.6. The van der Waals surface area contributed by atoms with Crippen LogP contribution in [0.5, 0.6) is 0 Å². The van der Waals surface area contributed by atoms with Crippen molar-refractivity contribution in [3.05, 3.63) is 50.6 Å². The highest BCUT2D eigenvalue weighted by atomic mass is 79.9. The third-order valence-electron chi connectivity index (χ3n) is 3.79. The van der Waals surface area contributed by atoms with Crippen LogP contribution in [0.15, 0.2) is 40.2 Å². The lowest BCUT2D eigenvalue weighted by atomic mass is 10.2. The van der Waals surface area contributed by atoms with Gasteiger partial charge in [0.15, 0.2) is 0 Å². The number of nitrogens with zero attached hydrogens (tertiary/aromatic N) is 1. The van der Waals surface area contributed by atoms with Gasteiger partial charge in [-0.05, 0) is 55.0 Å². The van der Waals surface area contributed by atoms with E-state index in [1.807, 2.05) is 36.1 Å². The minimum absolute atomic E-state index is 0.00683. The molecule has 2 aromatic rings. The van der Waals surface area contributed by atoms with Crippen LogP contribution in [0, 0.1) is 6.92 Å². The molecule has 1 saturated heterocycles. The van der Waals surface area contributed by atoms with E-state index in [-0.39, 0.29) is 12.1 Å². The van der Waals surface area contributed by atoms with Gasteiger partial charge in [0.1, 0.15) is 0 Å². The van der Waals surface area contributed by atoms with Crippen LogP contribution in [0.3, 0.4) is 0 Å². The molecule has 110 valence electrons. The third-order valence-corrected chi connectivity index (χ3v) is 5.66. The number of benzene rings is 1. The lowest BCUT2D eigenvalue weighted by Crippen LogP contribution is -2.34. The topological polar surface area (TPSA) is 32.3 Å². The number of carbonyl (C=O) groups excluding carboxylic acids is 1. The Hall–Kier alpha value is -1.33. The van der Waals surface area contributed by atoms with E-state index in [0.29, 0.717) is 0 Å². The summed E-state index contributed by atoms with van der Waals surface area (Å²) in [5.41, 5.74) is 1.96. The van der Waals surface area contributed by atoms with Crippen molar-refractivity contribution in [3.63, 3.8) is 0 Å². The van der Waals surface area contributed by atoms with Gasteiger partial charge in [-0.25, -0.2) is 4.79 Å². The summed E-state index contributed by atoms with van der Waals surface area (Å²) in [6.45, 7) is 2.84. The lowest BCUT2D eigenvalue weighted by Gasteiger charge is -2.24. The van der Waals surface area contributed by atoms with Gasteiger partial charge in [-0.15, -0.1) is 11.3 Å². The molecule has 5 heteroatoms. The minimum atomic E-state index is -0.00683. The van der Waals surface area contributed by atoms with Crippen LogP contribution >= 0.6 is 27.3 Å². The second-order valence-electron chi connectivity index (χ2n) is 5.26. The monoisotopic (exact) mass is 364 g/mol. The number of amides is 2. The fraction of sp³-hybridized carbons (Fsp3) is 0.312. The van der Waals surface area contributed by atoms with Crippen molar-refractivity contribution in [3.8, 4) is 0 Å². The molecule has 1 aromatic carbocycles. The smallest absolute Gasteiger partial charge is 0.317 e. The zero-order valence-corrected chi connectivity index (χ0v) is 14.2. The maximum atomic E-state index is 12.5. The zero-order valence-electron chi connectivity index (χ0n) is 11.8. The molecule has 1 atom stereocenters. The molecule has 0 spiro atoms. The highest BCUT2D eigenvalue weighted by Crippen LogP contribution is 2.34. The van der Waals surface area contributed by atoms with Gasteiger partial charge in [0.2, 0.25) is 0 Å². The van der Waals surface area contributed by atoms with Crippen LogP contribution in [0.4, 0.5) is 10.5 Å². The van der Waals surface area contributed by atoms with Gasteiger partial charge < -0.3 is 10.2 Å². The maximum absolute atomic E-state index is 12.5. The van der Waals surface area contributed by atoms with E-state index in [1.165, 1.54) is 4.88 Å². The Labute approximate surface area is 137 Å². The molecule has 1 aliphatic heterocycles. The molecule has 1 aromatic heterocycles. The molecule has 2 heterocycles. The number of halogens is 1. The Morgan fingerprint density at radius 1 is 1.43 bits per heavy atom. The van der Waals surface area contributed by atoms with Gasteiger partial charge in [-0.1, -0.05) is 22.0 Å². The van der Waals surface area contributed by atoms with E-state index < -0.39 is 0 Å². The molecule has 1 fully saturated rings. The van der Waals surface area contributed by atoms with E-state index in [1.54, 1.807) is 11.3 Å². The first-order valence-corrected chi connectivity index (χ1v) is 8.69. The fourth-order valence-corrected chi connectivity index (χ4v) is 3.82. The number of aryl methyl sites for hydroxylation is 1. The van der Waals surface area contributed by atoms with Crippen molar-refractivity contribution in [2.24, 2.45) is 0 Å². The zero-order chi connectivity index (χ0) is 14.8. The molecule has 0 saturated carbocycles. The van der Waals surface area contributed by atoms with Gasteiger partial charge in [-0.3, -0.25) is 0 Å². The summed E-state index contributed by atoms with van der Waals surface area (Å²) in [5, 5.41) is 5.09. The first-order valence-electron chi connectivity index (χ1n) is 7.02. The van der Waals surface area contributed by atoms with Crippen molar-refractivity contribution >= 4 is 39.0 Å². The van der Waals surface area contributed by atoms with E-state index in [9.17, 15) is 4.79 Å². The number of rotatable bonds is 2. The Morgan fingerprint density at radius 3 is 3.00 bits per heavy atom. The average molecular weight is 365 g/mol. The Bertz CT molecular complexity index is 642. The number of hydrogen-bond donors (Lipinski definition) is 1. The highest BCUT2D eigenvalue weighted by molar-refractivity contribution is 9.10. The summed E-state index contributed by atoms with van der Waals surface area (Å²) in [5.74, 6) is 0. The van der Waals surface area contributed by atoms with Crippen LogP contribution in [-0.2, 0) is 0 Å². The van der Waals surface area contributed by atoms with Gasteiger partial charge in [-0.2, -0.15) is 0 Å². The van der Waals surface area contributed by atoms with Gasteiger partial charge in [0.25, 0.3) is 0 Å². The molecule has 0 radical (unpaired) electrons. The number of thiophene rings is 1. The van der Waals surface area contributed by atoms with Gasteiger partial charge >= 0.3 is 6.03 Å². The molecule has 0 unspecified atom stereocenters. The number of nitrogens with one attached hydrogen (secondary N) is 1. The Morgan fingerprint density at radius 2 is 2.29 bits per heavy atom. The van der Waals surface area contributed by atoms with E-state index in [2.05, 4.69) is 32.7 Å². The SMILES string of the molecule is Cc1cc(NC(=O)N2CCC[C@H]2c2cccs2)ccc1Br. The van der Waals surface area contributed by atoms with Crippen molar-refractivity contribution in [1.82, 2.24) is 4.90 Å². The van der Waals surface area contributed by atoms with Crippen LogP contribution in [0.2, 0.25) is 0 Å². The molecule has 0 bridgehead atoms. The number of likely N-dealkylation sites (tertiary alicyclic amines) is 1. The second kappa shape index (κ2) is 6.20. The number of hydrogen-bond acceptors (Lipinski definition) is 2. The normalized spacial score (nSPS) is 18.0. The average Bonchev–Trinajstić information content (AvgIpc) is 3.12. The number of carbonyl (C=O) groups is 1. The molecule has 2 amide bonds. The van der Waals surface area contributed by atoms with E-state index >= 15 is 0 Å². The lowest BCUT2D eigenvalue weighted by molar-refractivity contribution is 0.208. The third kappa shape index (κ3) is 3.14. The molecule has 3 rings (SSSR count). The fourth-order valence-electron chi connectivity index (χ4n) is 2.70. The van der Waals surface area contributed by atoms with Gasteiger partial charge in [0, 0.05) is 21.6 Å². The van der Waals surface area contributed by atoms with Crippen molar-refractivity contribution in [2.75, 3.05) is 11.9 Å². The van der Waals surface area contributed by atoms with Crippen molar-refractivity contribution in [1.29, 1.82) is 0 Å². The largest absolute Gasteiger partial charge is 0.322 e. The van der Waals surface area contributed by atoms with Gasteiger partial charge in [0.05, 0.1) is 6.04 Å². The molecule has 21 heavy (non-hydrogen) atoms. The summed E-state index contributed by atoms with van der Waals surface area (Å²) < 4.78 is 1.05.